The van der Waals surface area contributed by atoms with Crippen LogP contribution in [-0.4, -0.2) is 16.3 Å². The molecule has 1 rings (SSSR count). The van der Waals surface area contributed by atoms with Gasteiger partial charge in [0.05, 0.1) is 0 Å². The van der Waals surface area contributed by atoms with E-state index in [1.807, 2.05) is 52.8 Å². The van der Waals surface area contributed by atoms with Crippen LogP contribution in [-0.2, 0) is 0 Å². The molecule has 0 aliphatic rings. The molecule has 1 aromatic rings. The zero-order valence-corrected chi connectivity index (χ0v) is 12.7. The van der Waals surface area contributed by atoms with Crippen LogP contribution >= 0.6 is 15.9 Å². The fraction of sp³-hybridized carbons (Fsp3) is 0.500. The highest BCUT2D eigenvalue weighted by Crippen LogP contribution is 2.18. The van der Waals surface area contributed by atoms with E-state index < -0.39 is 0 Å². The maximum absolute atomic E-state index is 12.2. The van der Waals surface area contributed by atoms with E-state index in [0.29, 0.717) is 0 Å². The Bertz CT molecular complexity index is 424. The molecule has 1 aromatic carbocycles. The molecule has 0 aliphatic carbocycles. The normalized spacial score (nSPS) is 13.3. The first-order chi connectivity index (χ1) is 7.74. The molecule has 2 nitrogen and oxygen atoms in total. The maximum atomic E-state index is 12.2. The van der Waals surface area contributed by atoms with Crippen molar-refractivity contribution in [3.05, 3.63) is 34.9 Å². The van der Waals surface area contributed by atoms with Gasteiger partial charge in [0.15, 0.2) is 0 Å². The second-order valence-electron chi connectivity index (χ2n) is 5.11. The molecule has 0 saturated heterocycles. The Balaban J connectivity index is 2.94. The van der Waals surface area contributed by atoms with Crippen LogP contribution in [0.2, 0.25) is 0 Å². The van der Waals surface area contributed by atoms with Crippen LogP contribution in [0, 0.1) is 13.8 Å². The summed E-state index contributed by atoms with van der Waals surface area (Å²) in [5, 5.41) is 3.05. The molecule has 1 N–H and O–H groups in total. The van der Waals surface area contributed by atoms with Gasteiger partial charge >= 0.3 is 0 Å². The number of carbonyl (C=O) groups excluding carboxylic acids is 1. The average Bonchev–Trinajstić information content (AvgIpc) is 2.20. The van der Waals surface area contributed by atoms with Gasteiger partial charge in [-0.05, 0) is 39.3 Å². The number of hydrogen-bond donors (Lipinski definition) is 1. The van der Waals surface area contributed by atoms with Gasteiger partial charge in [-0.3, -0.25) is 4.79 Å². The lowest BCUT2D eigenvalue weighted by atomic mass is 9.99. The van der Waals surface area contributed by atoms with Crippen LogP contribution in [0.5, 0.6) is 0 Å². The molecule has 0 fully saturated rings. The van der Waals surface area contributed by atoms with Crippen LogP contribution in [0.15, 0.2) is 18.2 Å². The predicted octanol–water partition coefficient (Wildman–Crippen LogP) is 3.60. The van der Waals surface area contributed by atoms with Gasteiger partial charge in [-0.25, -0.2) is 0 Å². The molecule has 1 amide bonds. The summed E-state index contributed by atoms with van der Waals surface area (Å²) in [6, 6.07) is 5.93. The Morgan fingerprint density at radius 1 is 1.35 bits per heavy atom. The van der Waals surface area contributed by atoms with Crippen molar-refractivity contribution in [1.29, 1.82) is 0 Å². The lowest BCUT2D eigenvalue weighted by molar-refractivity contribution is 0.0913. The predicted molar refractivity (Wildman–Crippen MR) is 75.9 cm³/mol. The third-order valence-corrected chi connectivity index (χ3v) is 4.21. The van der Waals surface area contributed by atoms with E-state index >= 15 is 0 Å². The van der Waals surface area contributed by atoms with E-state index in [-0.39, 0.29) is 16.3 Å². The summed E-state index contributed by atoms with van der Waals surface area (Å²) in [6.07, 6.45) is 0. The van der Waals surface area contributed by atoms with Crippen LogP contribution in [0.4, 0.5) is 0 Å². The first kappa shape index (κ1) is 14.2. The van der Waals surface area contributed by atoms with Gasteiger partial charge < -0.3 is 5.32 Å². The molecular formula is C14H20BrNO. The second-order valence-corrected chi connectivity index (χ2v) is 6.48. The highest BCUT2D eigenvalue weighted by molar-refractivity contribution is 9.09. The first-order valence-corrected chi connectivity index (χ1v) is 6.69. The minimum absolute atomic E-state index is 0.0116. The lowest BCUT2D eigenvalue weighted by Crippen LogP contribution is -2.49. The Morgan fingerprint density at radius 2 is 1.94 bits per heavy atom. The van der Waals surface area contributed by atoms with Gasteiger partial charge in [0.25, 0.3) is 5.91 Å². The van der Waals surface area contributed by atoms with Crippen LogP contribution in [0.3, 0.4) is 0 Å². The van der Waals surface area contributed by atoms with Crippen LogP contribution in [0.1, 0.15) is 42.3 Å². The minimum atomic E-state index is -0.271. The number of alkyl halides is 1. The largest absolute Gasteiger partial charge is 0.346 e. The van der Waals surface area contributed by atoms with Gasteiger partial charge in [0.2, 0.25) is 0 Å². The number of nitrogens with one attached hydrogen (secondary N) is 1. The standard InChI is InChI=1S/C14H20BrNO/c1-9-6-7-10(2)12(8-9)13(17)16-14(4,5)11(3)15/h6-8,11H,1-5H3,(H,16,17). The lowest BCUT2D eigenvalue weighted by Gasteiger charge is -2.29. The minimum Gasteiger partial charge on any atom is -0.346 e. The molecule has 0 heterocycles. The fourth-order valence-electron chi connectivity index (χ4n) is 1.44. The molecule has 17 heavy (non-hydrogen) atoms. The summed E-state index contributed by atoms with van der Waals surface area (Å²) in [5.74, 6) is -0.0116. The summed E-state index contributed by atoms with van der Waals surface area (Å²) >= 11 is 3.52. The van der Waals surface area contributed by atoms with Crippen molar-refractivity contribution in [1.82, 2.24) is 5.32 Å². The first-order valence-electron chi connectivity index (χ1n) is 5.78. The van der Waals surface area contributed by atoms with Crippen molar-refractivity contribution in [2.75, 3.05) is 0 Å². The molecule has 3 heteroatoms. The van der Waals surface area contributed by atoms with Gasteiger partial charge in [0, 0.05) is 15.9 Å². The Kier molecular flexibility index (Phi) is 4.36. The van der Waals surface area contributed by atoms with Crippen LogP contribution < -0.4 is 5.32 Å². The van der Waals surface area contributed by atoms with E-state index in [9.17, 15) is 4.79 Å². The summed E-state index contributed by atoms with van der Waals surface area (Å²) in [5.41, 5.74) is 2.59. The maximum Gasteiger partial charge on any atom is 0.252 e. The fourth-order valence-corrected chi connectivity index (χ4v) is 1.55. The molecule has 1 atom stereocenters. The molecule has 0 aromatic heterocycles. The van der Waals surface area contributed by atoms with E-state index in [4.69, 9.17) is 0 Å². The zero-order valence-electron chi connectivity index (χ0n) is 11.1. The van der Waals surface area contributed by atoms with Crippen molar-refractivity contribution < 1.29 is 4.79 Å². The molecule has 1 unspecified atom stereocenters. The Labute approximate surface area is 112 Å². The monoisotopic (exact) mass is 297 g/mol. The van der Waals surface area contributed by atoms with Gasteiger partial charge in [-0.15, -0.1) is 0 Å². The zero-order chi connectivity index (χ0) is 13.2. The number of benzene rings is 1. The number of carbonyl (C=O) groups is 1. The molecule has 0 saturated carbocycles. The number of aryl methyl sites for hydroxylation is 2. The number of rotatable bonds is 3. The van der Waals surface area contributed by atoms with Crippen molar-refractivity contribution in [3.8, 4) is 0 Å². The van der Waals surface area contributed by atoms with Gasteiger partial charge in [-0.1, -0.05) is 40.5 Å². The van der Waals surface area contributed by atoms with Crippen molar-refractivity contribution >= 4 is 21.8 Å². The highest BCUT2D eigenvalue weighted by Gasteiger charge is 2.26. The van der Waals surface area contributed by atoms with E-state index in [2.05, 4.69) is 21.2 Å². The topological polar surface area (TPSA) is 29.1 Å². The Hall–Kier alpha value is -0.830. The molecule has 0 aliphatic heterocycles. The van der Waals surface area contributed by atoms with Crippen molar-refractivity contribution in [2.45, 2.75) is 45.0 Å². The SMILES string of the molecule is Cc1ccc(C)c(C(=O)NC(C)(C)C(C)Br)c1. The summed E-state index contributed by atoms with van der Waals surface area (Å²) in [4.78, 5) is 12.4. The van der Waals surface area contributed by atoms with E-state index in [1.54, 1.807) is 0 Å². The third kappa shape index (κ3) is 3.56. The molecule has 0 bridgehead atoms. The van der Waals surface area contributed by atoms with Crippen molar-refractivity contribution in [3.63, 3.8) is 0 Å². The third-order valence-electron chi connectivity index (χ3n) is 3.07. The smallest absolute Gasteiger partial charge is 0.252 e. The van der Waals surface area contributed by atoms with E-state index in [1.165, 1.54) is 0 Å². The van der Waals surface area contributed by atoms with E-state index in [0.717, 1.165) is 16.7 Å². The quantitative estimate of drug-likeness (QED) is 0.849. The molecular weight excluding hydrogens is 278 g/mol. The number of halogens is 1. The molecule has 0 spiro atoms. The summed E-state index contributed by atoms with van der Waals surface area (Å²) in [6.45, 7) is 10.0. The highest BCUT2D eigenvalue weighted by atomic mass is 79.9. The van der Waals surface area contributed by atoms with Gasteiger partial charge in [0.1, 0.15) is 0 Å². The number of hydrogen-bond acceptors (Lipinski definition) is 1. The second kappa shape index (κ2) is 5.21. The van der Waals surface area contributed by atoms with Crippen LogP contribution in [0.25, 0.3) is 0 Å². The summed E-state index contributed by atoms with van der Waals surface area (Å²) < 4.78 is 0. The Morgan fingerprint density at radius 3 is 2.47 bits per heavy atom. The molecule has 0 radical (unpaired) electrons. The molecule has 94 valence electrons. The average molecular weight is 298 g/mol. The van der Waals surface area contributed by atoms with Gasteiger partial charge in [-0.2, -0.15) is 0 Å². The van der Waals surface area contributed by atoms with Crippen molar-refractivity contribution in [2.24, 2.45) is 0 Å². The number of amides is 1. The summed E-state index contributed by atoms with van der Waals surface area (Å²) in [7, 11) is 0.